The Morgan fingerprint density at radius 3 is 2.80 bits per heavy atom. The fraction of sp³-hybridized carbons (Fsp3) is 0.909. The van der Waals surface area contributed by atoms with Gasteiger partial charge in [-0.25, -0.2) is 4.79 Å². The van der Waals surface area contributed by atoms with Gasteiger partial charge in [0.1, 0.15) is 0 Å². The molecule has 0 bridgehead atoms. The maximum atomic E-state index is 11.8. The van der Waals surface area contributed by atoms with Gasteiger partial charge in [-0.15, -0.1) is 0 Å². The van der Waals surface area contributed by atoms with E-state index in [4.69, 9.17) is 0 Å². The summed E-state index contributed by atoms with van der Waals surface area (Å²) in [5.74, 6) is 0. The number of carbonyl (C=O) groups excluding carboxylic acids is 1. The molecule has 4 heteroatoms. The Hall–Kier alpha value is -0.770. The van der Waals surface area contributed by atoms with E-state index in [-0.39, 0.29) is 6.03 Å². The lowest BCUT2D eigenvalue weighted by atomic mass is 10.0. The van der Waals surface area contributed by atoms with Gasteiger partial charge in [-0.05, 0) is 26.3 Å². The van der Waals surface area contributed by atoms with E-state index in [1.165, 1.54) is 19.3 Å². The number of likely N-dealkylation sites (N-methyl/N-ethyl adjacent to an activating group) is 1. The molecule has 2 unspecified atom stereocenters. The number of nitrogens with one attached hydrogen (secondary N) is 1. The number of urea groups is 1. The van der Waals surface area contributed by atoms with Crippen LogP contribution in [0.15, 0.2) is 0 Å². The van der Waals surface area contributed by atoms with Crippen molar-refractivity contribution in [3.63, 3.8) is 0 Å². The first kappa shape index (κ1) is 10.7. The van der Waals surface area contributed by atoms with Gasteiger partial charge in [-0.2, -0.15) is 0 Å². The summed E-state index contributed by atoms with van der Waals surface area (Å²) in [5.41, 5.74) is 0. The summed E-state index contributed by atoms with van der Waals surface area (Å²) < 4.78 is 0. The zero-order valence-corrected chi connectivity index (χ0v) is 9.70. The third kappa shape index (κ3) is 2.25. The molecule has 0 aliphatic carbocycles. The van der Waals surface area contributed by atoms with Crippen LogP contribution in [0.25, 0.3) is 0 Å². The first-order valence-corrected chi connectivity index (χ1v) is 5.93. The van der Waals surface area contributed by atoms with Crippen LogP contribution < -0.4 is 5.32 Å². The number of carbonyl (C=O) groups is 1. The second-order valence-electron chi connectivity index (χ2n) is 4.79. The molecule has 0 aromatic rings. The number of hydrogen-bond donors (Lipinski definition) is 1. The lowest BCUT2D eigenvalue weighted by Gasteiger charge is -2.27. The summed E-state index contributed by atoms with van der Waals surface area (Å²) in [6.07, 6.45) is 3.79. The fourth-order valence-electron chi connectivity index (χ4n) is 2.43. The van der Waals surface area contributed by atoms with E-state index in [0.717, 1.165) is 19.6 Å². The van der Waals surface area contributed by atoms with Crippen LogP contribution in [0.1, 0.15) is 26.2 Å². The Labute approximate surface area is 91.6 Å². The van der Waals surface area contributed by atoms with Gasteiger partial charge in [0.05, 0.1) is 0 Å². The van der Waals surface area contributed by atoms with Gasteiger partial charge >= 0.3 is 6.03 Å². The monoisotopic (exact) mass is 211 g/mol. The van der Waals surface area contributed by atoms with Crippen molar-refractivity contribution in [2.24, 2.45) is 0 Å². The predicted octanol–water partition coefficient (Wildman–Crippen LogP) is 0.884. The van der Waals surface area contributed by atoms with Gasteiger partial charge in [0.25, 0.3) is 0 Å². The molecule has 2 aliphatic heterocycles. The van der Waals surface area contributed by atoms with E-state index in [1.54, 1.807) is 0 Å². The summed E-state index contributed by atoms with van der Waals surface area (Å²) >= 11 is 0. The smallest absolute Gasteiger partial charge is 0.320 e. The Balaban J connectivity index is 1.86. The van der Waals surface area contributed by atoms with Crippen molar-refractivity contribution >= 4 is 6.03 Å². The SMILES string of the molecule is CC1CN(CC2CCCCN2)C(=O)N1C. The Morgan fingerprint density at radius 2 is 2.27 bits per heavy atom. The van der Waals surface area contributed by atoms with E-state index in [0.29, 0.717) is 12.1 Å². The second-order valence-corrected chi connectivity index (χ2v) is 4.79. The number of piperidine rings is 1. The Bertz CT molecular complexity index is 238. The highest BCUT2D eigenvalue weighted by molar-refractivity contribution is 5.76. The molecule has 0 aromatic carbocycles. The van der Waals surface area contributed by atoms with Gasteiger partial charge in [0.2, 0.25) is 0 Å². The number of rotatable bonds is 2. The minimum absolute atomic E-state index is 0.190. The molecule has 0 saturated carbocycles. The molecule has 0 radical (unpaired) electrons. The van der Waals surface area contributed by atoms with Crippen LogP contribution in [-0.2, 0) is 0 Å². The van der Waals surface area contributed by atoms with E-state index in [1.807, 2.05) is 16.8 Å². The minimum atomic E-state index is 0.190. The van der Waals surface area contributed by atoms with Crippen molar-refractivity contribution < 1.29 is 4.79 Å². The topological polar surface area (TPSA) is 35.6 Å². The molecule has 0 spiro atoms. The molecule has 86 valence electrons. The lowest BCUT2D eigenvalue weighted by molar-refractivity contribution is 0.189. The third-order valence-electron chi connectivity index (χ3n) is 3.57. The van der Waals surface area contributed by atoms with Crippen LogP contribution in [-0.4, -0.2) is 54.6 Å². The van der Waals surface area contributed by atoms with E-state index in [9.17, 15) is 4.79 Å². The van der Waals surface area contributed by atoms with Crippen LogP contribution in [0.4, 0.5) is 4.79 Å². The van der Waals surface area contributed by atoms with E-state index < -0.39 is 0 Å². The van der Waals surface area contributed by atoms with Gasteiger partial charge in [-0.1, -0.05) is 6.42 Å². The van der Waals surface area contributed by atoms with Gasteiger partial charge < -0.3 is 15.1 Å². The maximum absolute atomic E-state index is 11.8. The Morgan fingerprint density at radius 1 is 1.47 bits per heavy atom. The van der Waals surface area contributed by atoms with Crippen molar-refractivity contribution in [1.82, 2.24) is 15.1 Å². The predicted molar refractivity (Wildman–Crippen MR) is 59.8 cm³/mol. The molecular formula is C11H21N3O. The van der Waals surface area contributed by atoms with Crippen LogP contribution in [0.3, 0.4) is 0 Å². The van der Waals surface area contributed by atoms with Crippen LogP contribution in [0.2, 0.25) is 0 Å². The molecule has 2 rings (SSSR count). The van der Waals surface area contributed by atoms with Crippen molar-refractivity contribution in [2.75, 3.05) is 26.7 Å². The van der Waals surface area contributed by atoms with Crippen molar-refractivity contribution in [1.29, 1.82) is 0 Å². The molecule has 2 amide bonds. The summed E-state index contributed by atoms with van der Waals surface area (Å²) in [5, 5.41) is 3.48. The molecule has 2 fully saturated rings. The highest BCUT2D eigenvalue weighted by Crippen LogP contribution is 2.16. The van der Waals surface area contributed by atoms with Crippen molar-refractivity contribution in [3.05, 3.63) is 0 Å². The average Bonchev–Trinajstić information content (AvgIpc) is 2.48. The molecule has 0 aromatic heterocycles. The number of nitrogens with zero attached hydrogens (tertiary/aromatic N) is 2. The molecule has 1 N–H and O–H groups in total. The lowest BCUT2D eigenvalue weighted by Crippen LogP contribution is -2.44. The summed E-state index contributed by atoms with van der Waals surface area (Å²) in [6.45, 7) is 4.98. The zero-order valence-electron chi connectivity index (χ0n) is 9.70. The van der Waals surface area contributed by atoms with Crippen molar-refractivity contribution in [2.45, 2.75) is 38.3 Å². The van der Waals surface area contributed by atoms with Gasteiger partial charge in [0, 0.05) is 32.2 Å². The van der Waals surface area contributed by atoms with Crippen molar-refractivity contribution in [3.8, 4) is 0 Å². The normalized spacial score (nSPS) is 32.5. The van der Waals surface area contributed by atoms with Gasteiger partial charge in [-0.3, -0.25) is 0 Å². The summed E-state index contributed by atoms with van der Waals surface area (Å²) in [4.78, 5) is 15.6. The second kappa shape index (κ2) is 4.39. The Kier molecular flexibility index (Phi) is 3.14. The largest absolute Gasteiger partial charge is 0.323 e. The molecule has 2 saturated heterocycles. The standard InChI is InChI=1S/C11H21N3O/c1-9-7-14(11(15)13(9)2)8-10-5-3-4-6-12-10/h9-10,12H,3-8H2,1-2H3. The fourth-order valence-corrected chi connectivity index (χ4v) is 2.43. The zero-order chi connectivity index (χ0) is 10.8. The molecule has 15 heavy (non-hydrogen) atoms. The maximum Gasteiger partial charge on any atom is 0.320 e. The quantitative estimate of drug-likeness (QED) is 0.736. The molecule has 4 nitrogen and oxygen atoms in total. The van der Waals surface area contributed by atoms with E-state index in [2.05, 4.69) is 12.2 Å². The van der Waals surface area contributed by atoms with Gasteiger partial charge in [0.15, 0.2) is 0 Å². The average molecular weight is 211 g/mol. The molecule has 2 atom stereocenters. The van der Waals surface area contributed by atoms with Crippen LogP contribution in [0.5, 0.6) is 0 Å². The highest BCUT2D eigenvalue weighted by atomic mass is 16.2. The van der Waals surface area contributed by atoms with Crippen LogP contribution in [0, 0.1) is 0 Å². The first-order valence-electron chi connectivity index (χ1n) is 5.93. The summed E-state index contributed by atoms with van der Waals surface area (Å²) in [6, 6.07) is 1.07. The number of amides is 2. The molecule has 2 aliphatic rings. The van der Waals surface area contributed by atoms with E-state index >= 15 is 0 Å². The molecule has 2 heterocycles. The van der Waals surface area contributed by atoms with Crippen LogP contribution >= 0.6 is 0 Å². The third-order valence-corrected chi connectivity index (χ3v) is 3.57. The summed E-state index contributed by atoms with van der Waals surface area (Å²) in [7, 11) is 1.89. The minimum Gasteiger partial charge on any atom is -0.323 e. The first-order chi connectivity index (χ1) is 7.18. The number of hydrogen-bond acceptors (Lipinski definition) is 2. The highest BCUT2D eigenvalue weighted by Gasteiger charge is 2.32. The molecular weight excluding hydrogens is 190 g/mol.